The lowest BCUT2D eigenvalue weighted by Crippen LogP contribution is -2.04. The first-order chi connectivity index (χ1) is 47.2. The van der Waals surface area contributed by atoms with Crippen molar-refractivity contribution in [3.63, 3.8) is 0 Å². The van der Waals surface area contributed by atoms with Crippen LogP contribution in [0.3, 0.4) is 0 Å². The molecular formula is C88H62N8. The number of rotatable bonds is 12. The fourth-order valence-corrected chi connectivity index (χ4v) is 14.0. The average Bonchev–Trinajstić information content (AvgIpc) is 1.55. The molecule has 8 nitrogen and oxygen atoms in total. The second-order valence-corrected chi connectivity index (χ2v) is 25.0. The Morgan fingerprint density at radius 1 is 0.208 bits per heavy atom. The zero-order chi connectivity index (χ0) is 64.4. The molecule has 13 aromatic carbocycles. The Kier molecular flexibility index (Phi) is 14.3. The van der Waals surface area contributed by atoms with Crippen molar-refractivity contribution in [1.82, 2.24) is 39.0 Å². The molecule has 8 heteroatoms. The quantitative estimate of drug-likeness (QED) is 0.121. The molecule has 0 radical (unpaired) electrons. The predicted molar refractivity (Wildman–Crippen MR) is 395 cm³/mol. The molecule has 17 rings (SSSR count). The van der Waals surface area contributed by atoms with Gasteiger partial charge in [0.05, 0.1) is 27.8 Å². The van der Waals surface area contributed by atoms with Gasteiger partial charge in [0.1, 0.15) is 0 Å². The van der Waals surface area contributed by atoms with Crippen LogP contribution in [0, 0.1) is 27.7 Å². The Labute approximate surface area is 556 Å². The van der Waals surface area contributed by atoms with Crippen LogP contribution in [-0.2, 0) is 0 Å². The maximum absolute atomic E-state index is 5.44. The zero-order valence-corrected chi connectivity index (χ0v) is 53.4. The standard InChI is InChI=1S/C88H62N8/c1-55-36-41-71(57(3)46-55)66-39-44-80-75(53-66)73-32-17-19-34-78(73)95(80)70-50-68(49-69(51-70)87-91-83(59-22-9-5-10-23-59)89-84(92-87)60-24-11-6-12-25-60)64-31-21-30-63(48-64)65-38-43-82(77(52-65)88-93-85(61-26-13-7-14-27-61)90-86(94-88)62-28-15-8-16-29-62)96-79-35-20-18-33-74(79)76-54-67(40-45-81(76)96)72-42-37-56(2)47-58(72)4/h5-54H,1-4H3. The molecule has 0 aliphatic carbocycles. The first-order valence-electron chi connectivity index (χ1n) is 32.6. The molecule has 0 bridgehead atoms. The lowest BCUT2D eigenvalue weighted by molar-refractivity contribution is 1.06. The van der Waals surface area contributed by atoms with Gasteiger partial charge in [-0.25, -0.2) is 29.9 Å². The van der Waals surface area contributed by atoms with Crippen molar-refractivity contribution in [2.75, 3.05) is 0 Å². The minimum Gasteiger partial charge on any atom is -0.309 e. The first-order valence-corrected chi connectivity index (χ1v) is 32.6. The van der Waals surface area contributed by atoms with Gasteiger partial charge in [-0.2, -0.15) is 0 Å². The Morgan fingerprint density at radius 3 is 1.06 bits per heavy atom. The number of benzene rings is 13. The molecule has 0 saturated carbocycles. The van der Waals surface area contributed by atoms with E-state index in [9.17, 15) is 0 Å². The summed E-state index contributed by atoms with van der Waals surface area (Å²) in [6.07, 6.45) is 0. The molecule has 454 valence electrons. The van der Waals surface area contributed by atoms with Gasteiger partial charge in [0.25, 0.3) is 0 Å². The van der Waals surface area contributed by atoms with Crippen molar-refractivity contribution < 1.29 is 0 Å². The highest BCUT2D eigenvalue weighted by Crippen LogP contribution is 2.43. The lowest BCUT2D eigenvalue weighted by atomic mass is 9.95. The highest BCUT2D eigenvalue weighted by Gasteiger charge is 2.24. The van der Waals surface area contributed by atoms with Crippen molar-refractivity contribution in [2.45, 2.75) is 27.7 Å². The van der Waals surface area contributed by atoms with E-state index < -0.39 is 0 Å². The average molecular weight is 1230 g/mol. The van der Waals surface area contributed by atoms with E-state index in [2.05, 4.69) is 267 Å². The smallest absolute Gasteiger partial charge is 0.166 e. The number of aromatic nitrogens is 8. The molecule has 0 saturated heterocycles. The van der Waals surface area contributed by atoms with Crippen LogP contribution in [0.4, 0.5) is 0 Å². The maximum Gasteiger partial charge on any atom is 0.166 e. The van der Waals surface area contributed by atoms with E-state index >= 15 is 0 Å². The summed E-state index contributed by atoms with van der Waals surface area (Å²) in [5.41, 5.74) is 25.3. The van der Waals surface area contributed by atoms with Gasteiger partial charge >= 0.3 is 0 Å². The molecule has 96 heavy (non-hydrogen) atoms. The Bertz CT molecular complexity index is 5760. The van der Waals surface area contributed by atoms with E-state index in [1.807, 2.05) is 72.8 Å². The Hall–Kier alpha value is -12.5. The molecule has 0 N–H and O–H groups in total. The van der Waals surface area contributed by atoms with Gasteiger partial charge in [-0.3, -0.25) is 0 Å². The third-order valence-electron chi connectivity index (χ3n) is 18.6. The van der Waals surface area contributed by atoms with Crippen molar-refractivity contribution in [2.24, 2.45) is 0 Å². The fraction of sp³-hybridized carbons (Fsp3) is 0.0455. The normalized spacial score (nSPS) is 11.5. The zero-order valence-electron chi connectivity index (χ0n) is 53.4. The highest BCUT2D eigenvalue weighted by atomic mass is 15.1. The largest absolute Gasteiger partial charge is 0.309 e. The molecule has 17 aromatic rings. The van der Waals surface area contributed by atoms with Gasteiger partial charge in [-0.15, -0.1) is 0 Å². The van der Waals surface area contributed by atoms with Gasteiger partial charge in [0.15, 0.2) is 34.9 Å². The monoisotopic (exact) mass is 1230 g/mol. The Morgan fingerprint density at radius 2 is 0.573 bits per heavy atom. The van der Waals surface area contributed by atoms with Crippen molar-refractivity contribution in [1.29, 1.82) is 0 Å². The molecule has 0 aliphatic rings. The summed E-state index contributed by atoms with van der Waals surface area (Å²) < 4.78 is 4.79. The third kappa shape index (κ3) is 10.5. The molecule has 4 heterocycles. The number of para-hydroxylation sites is 2. The van der Waals surface area contributed by atoms with Gasteiger partial charge in [-0.05, 0) is 156 Å². The summed E-state index contributed by atoms with van der Waals surface area (Å²) in [7, 11) is 0. The van der Waals surface area contributed by atoms with Crippen molar-refractivity contribution in [3.05, 3.63) is 326 Å². The summed E-state index contributed by atoms with van der Waals surface area (Å²) in [4.78, 5) is 31.9. The van der Waals surface area contributed by atoms with Crippen LogP contribution in [0.1, 0.15) is 22.3 Å². The summed E-state index contributed by atoms with van der Waals surface area (Å²) in [5.74, 6) is 3.48. The maximum atomic E-state index is 5.44. The van der Waals surface area contributed by atoms with E-state index in [4.69, 9.17) is 29.9 Å². The number of aryl methyl sites for hydroxylation is 4. The molecule has 0 spiro atoms. The van der Waals surface area contributed by atoms with E-state index in [1.54, 1.807) is 0 Å². The van der Waals surface area contributed by atoms with Crippen molar-refractivity contribution in [3.8, 4) is 124 Å². The molecule has 0 unspecified atom stereocenters. The molecule has 0 atom stereocenters. The molecular weight excluding hydrogens is 1170 g/mol. The third-order valence-corrected chi connectivity index (χ3v) is 18.6. The van der Waals surface area contributed by atoms with Crippen LogP contribution < -0.4 is 0 Å². The van der Waals surface area contributed by atoms with Crippen LogP contribution in [0.2, 0.25) is 0 Å². The van der Waals surface area contributed by atoms with Gasteiger partial charge in [0, 0.05) is 60.6 Å². The Balaban J connectivity index is 0.881. The van der Waals surface area contributed by atoms with E-state index in [1.165, 1.54) is 49.9 Å². The highest BCUT2D eigenvalue weighted by molar-refractivity contribution is 6.12. The summed E-state index contributed by atoms with van der Waals surface area (Å²) >= 11 is 0. The number of hydrogen-bond acceptors (Lipinski definition) is 6. The van der Waals surface area contributed by atoms with Crippen molar-refractivity contribution >= 4 is 43.6 Å². The molecule has 0 aliphatic heterocycles. The number of fused-ring (bicyclic) bond motifs is 6. The van der Waals surface area contributed by atoms with Gasteiger partial charge in [0.2, 0.25) is 0 Å². The van der Waals surface area contributed by atoms with Crippen LogP contribution >= 0.6 is 0 Å². The first kappa shape index (κ1) is 57.4. The fourth-order valence-electron chi connectivity index (χ4n) is 14.0. The minimum absolute atomic E-state index is 0.556. The summed E-state index contributed by atoms with van der Waals surface area (Å²) in [6.45, 7) is 8.70. The lowest BCUT2D eigenvalue weighted by Gasteiger charge is -2.17. The van der Waals surface area contributed by atoms with Crippen LogP contribution in [0.5, 0.6) is 0 Å². The summed E-state index contributed by atoms with van der Waals surface area (Å²) in [5, 5.41) is 4.65. The second kappa shape index (κ2) is 23.9. The van der Waals surface area contributed by atoms with Gasteiger partial charge in [-0.1, -0.05) is 242 Å². The van der Waals surface area contributed by atoms with Crippen LogP contribution in [-0.4, -0.2) is 39.0 Å². The van der Waals surface area contributed by atoms with Crippen LogP contribution in [0.15, 0.2) is 303 Å². The number of hydrogen-bond donors (Lipinski definition) is 0. The van der Waals surface area contributed by atoms with E-state index in [0.29, 0.717) is 34.9 Å². The SMILES string of the molecule is Cc1ccc(-c2ccc3c(c2)c2ccccc2n3-c2cc(-c3cccc(-c4ccc(-n5c6ccccc6c6cc(-c7ccc(C)cc7C)ccc65)c(-c5nc(-c6ccccc6)nc(-c6ccccc6)n5)c4)c3)cc(-c3nc(-c4ccccc4)nc(-c4ccccc4)n3)c2)c(C)c1. The molecule has 0 fully saturated rings. The minimum atomic E-state index is 0.556. The van der Waals surface area contributed by atoms with Gasteiger partial charge < -0.3 is 9.13 Å². The topological polar surface area (TPSA) is 87.2 Å². The number of nitrogens with zero attached hydrogens (tertiary/aromatic N) is 8. The van der Waals surface area contributed by atoms with Crippen LogP contribution in [0.25, 0.3) is 168 Å². The summed E-state index contributed by atoms with van der Waals surface area (Å²) in [6, 6.07) is 108. The van der Waals surface area contributed by atoms with E-state index in [-0.39, 0.29) is 0 Å². The molecule has 0 amide bonds. The second-order valence-electron chi connectivity index (χ2n) is 25.0. The molecule has 4 aromatic heterocycles. The van der Waals surface area contributed by atoms with E-state index in [0.717, 1.165) is 105 Å². The predicted octanol–water partition coefficient (Wildman–Crippen LogP) is 22.2.